The molecule has 1 atom stereocenters. The summed E-state index contributed by atoms with van der Waals surface area (Å²) in [5.74, 6) is 2.43. The van der Waals surface area contributed by atoms with Gasteiger partial charge in [-0.3, -0.25) is 0 Å². The van der Waals surface area contributed by atoms with Gasteiger partial charge in [0.25, 0.3) is 0 Å². The zero-order valence-corrected chi connectivity index (χ0v) is 8.65. The Morgan fingerprint density at radius 2 is 2.00 bits per heavy atom. The highest BCUT2D eigenvalue weighted by Crippen LogP contribution is 2.16. The van der Waals surface area contributed by atoms with Gasteiger partial charge >= 0.3 is 0 Å². The molecule has 0 aliphatic rings. The summed E-state index contributed by atoms with van der Waals surface area (Å²) in [7, 11) is 0. The zero-order chi connectivity index (χ0) is 8.97. The average Bonchev–Trinajstić information content (AvgIpc) is 2.06. The summed E-state index contributed by atoms with van der Waals surface area (Å²) in [6.07, 6.45) is 4.94. The molecule has 12 heavy (non-hydrogen) atoms. The number of hydrogen-bond acceptors (Lipinski definition) is 1. The van der Waals surface area contributed by atoms with Gasteiger partial charge in [0, 0.05) is 9.99 Å². The molecule has 0 aliphatic heterocycles. The molecule has 0 saturated heterocycles. The van der Waals surface area contributed by atoms with E-state index in [0.29, 0.717) is 6.42 Å². The summed E-state index contributed by atoms with van der Waals surface area (Å²) in [5.41, 5.74) is 0.883. The first-order valence-corrected chi connectivity index (χ1v) is 4.69. The second-order valence-corrected chi connectivity index (χ2v) is 3.72. The van der Waals surface area contributed by atoms with Gasteiger partial charge < -0.3 is 5.11 Å². The number of halogens is 1. The molecule has 1 aromatic carbocycles. The van der Waals surface area contributed by atoms with Crippen molar-refractivity contribution >= 4 is 22.6 Å². The minimum Gasteiger partial charge on any atom is -0.387 e. The van der Waals surface area contributed by atoms with E-state index in [1.54, 1.807) is 0 Å². The van der Waals surface area contributed by atoms with Crippen molar-refractivity contribution in [1.82, 2.24) is 0 Å². The molecule has 2 heteroatoms. The van der Waals surface area contributed by atoms with Gasteiger partial charge in [0.15, 0.2) is 0 Å². The molecule has 1 aromatic rings. The largest absolute Gasteiger partial charge is 0.387 e. The van der Waals surface area contributed by atoms with Crippen molar-refractivity contribution in [3.05, 3.63) is 33.4 Å². The van der Waals surface area contributed by atoms with Crippen LogP contribution >= 0.6 is 22.6 Å². The van der Waals surface area contributed by atoms with Crippen LogP contribution in [0.4, 0.5) is 0 Å². The highest BCUT2D eigenvalue weighted by Gasteiger charge is 2.03. The molecule has 0 fully saturated rings. The Labute approximate surface area is 85.9 Å². The monoisotopic (exact) mass is 272 g/mol. The van der Waals surface area contributed by atoms with Crippen LogP contribution in [0, 0.1) is 15.9 Å². The lowest BCUT2D eigenvalue weighted by Crippen LogP contribution is -1.95. The van der Waals surface area contributed by atoms with E-state index in [1.165, 1.54) is 0 Å². The van der Waals surface area contributed by atoms with Crippen molar-refractivity contribution in [1.29, 1.82) is 0 Å². The quantitative estimate of drug-likeness (QED) is 0.647. The molecular formula is C10H9IO. The highest BCUT2D eigenvalue weighted by molar-refractivity contribution is 14.1. The van der Waals surface area contributed by atoms with E-state index in [0.717, 1.165) is 9.13 Å². The van der Waals surface area contributed by atoms with Crippen molar-refractivity contribution < 1.29 is 5.11 Å². The zero-order valence-electron chi connectivity index (χ0n) is 6.50. The molecule has 0 amide bonds. The molecule has 1 rings (SSSR count). The SMILES string of the molecule is C#CCC(O)c1ccc(I)cc1. The normalized spacial score (nSPS) is 12.1. The van der Waals surface area contributed by atoms with E-state index in [4.69, 9.17) is 6.42 Å². The molecular weight excluding hydrogens is 263 g/mol. The van der Waals surface area contributed by atoms with Crippen LogP contribution in [0.25, 0.3) is 0 Å². The molecule has 0 bridgehead atoms. The third kappa shape index (κ3) is 2.50. The topological polar surface area (TPSA) is 20.2 Å². The van der Waals surface area contributed by atoms with Crippen LogP contribution < -0.4 is 0 Å². The Balaban J connectivity index is 2.76. The smallest absolute Gasteiger partial charge is 0.0899 e. The van der Waals surface area contributed by atoms with Gasteiger partial charge in [-0.1, -0.05) is 12.1 Å². The molecule has 1 N–H and O–H groups in total. The summed E-state index contributed by atoms with van der Waals surface area (Å²) < 4.78 is 1.16. The summed E-state index contributed by atoms with van der Waals surface area (Å²) >= 11 is 2.22. The van der Waals surface area contributed by atoms with E-state index in [1.807, 2.05) is 24.3 Å². The number of rotatable bonds is 2. The third-order valence-corrected chi connectivity index (χ3v) is 2.29. The van der Waals surface area contributed by atoms with Crippen LogP contribution in [0.1, 0.15) is 18.1 Å². The van der Waals surface area contributed by atoms with Crippen LogP contribution in [0.15, 0.2) is 24.3 Å². The minimum absolute atomic E-state index is 0.376. The summed E-state index contributed by atoms with van der Waals surface area (Å²) in [6.45, 7) is 0. The molecule has 1 nitrogen and oxygen atoms in total. The predicted octanol–water partition coefficient (Wildman–Crippen LogP) is 2.35. The third-order valence-electron chi connectivity index (χ3n) is 1.57. The summed E-state index contributed by atoms with van der Waals surface area (Å²) in [6, 6.07) is 7.69. The molecule has 0 aliphatic carbocycles. The molecule has 0 heterocycles. The first-order chi connectivity index (χ1) is 5.74. The number of aliphatic hydroxyl groups excluding tert-OH is 1. The van der Waals surface area contributed by atoms with Crippen LogP contribution in [0.5, 0.6) is 0 Å². The van der Waals surface area contributed by atoms with Crippen molar-refractivity contribution in [3.63, 3.8) is 0 Å². The van der Waals surface area contributed by atoms with Crippen LogP contribution in [0.3, 0.4) is 0 Å². The number of hydrogen-bond donors (Lipinski definition) is 1. The van der Waals surface area contributed by atoms with Crippen molar-refractivity contribution in [2.75, 3.05) is 0 Å². The molecule has 0 spiro atoms. The van der Waals surface area contributed by atoms with Gasteiger partial charge in [0.1, 0.15) is 0 Å². The second-order valence-electron chi connectivity index (χ2n) is 2.48. The summed E-state index contributed by atoms with van der Waals surface area (Å²) in [5, 5.41) is 9.47. The van der Waals surface area contributed by atoms with Gasteiger partial charge in [0.05, 0.1) is 6.10 Å². The summed E-state index contributed by atoms with van der Waals surface area (Å²) in [4.78, 5) is 0. The predicted molar refractivity (Wildman–Crippen MR) is 57.6 cm³/mol. The van der Waals surface area contributed by atoms with E-state index < -0.39 is 6.10 Å². The van der Waals surface area contributed by atoms with Gasteiger partial charge in [-0.05, 0) is 40.3 Å². The van der Waals surface area contributed by atoms with Gasteiger partial charge in [-0.2, -0.15) is 0 Å². The first-order valence-electron chi connectivity index (χ1n) is 3.61. The van der Waals surface area contributed by atoms with Crippen LogP contribution in [0.2, 0.25) is 0 Å². The lowest BCUT2D eigenvalue weighted by atomic mass is 10.1. The standard InChI is InChI=1S/C10H9IO/c1-2-3-10(12)8-4-6-9(11)7-5-8/h1,4-7,10,12H,3H2. The fourth-order valence-electron chi connectivity index (χ4n) is 0.914. The highest BCUT2D eigenvalue weighted by atomic mass is 127. The van der Waals surface area contributed by atoms with Gasteiger partial charge in [-0.15, -0.1) is 12.3 Å². The molecule has 62 valence electrons. The fraction of sp³-hybridized carbons (Fsp3) is 0.200. The average molecular weight is 272 g/mol. The van der Waals surface area contributed by atoms with E-state index in [-0.39, 0.29) is 0 Å². The van der Waals surface area contributed by atoms with Gasteiger partial charge in [-0.25, -0.2) is 0 Å². The van der Waals surface area contributed by atoms with Crippen LogP contribution in [-0.4, -0.2) is 5.11 Å². The lowest BCUT2D eigenvalue weighted by Gasteiger charge is -2.06. The van der Waals surface area contributed by atoms with Crippen LogP contribution in [-0.2, 0) is 0 Å². The minimum atomic E-state index is -0.521. The Hall–Kier alpha value is -0.530. The second kappa shape index (κ2) is 4.48. The van der Waals surface area contributed by atoms with E-state index >= 15 is 0 Å². The lowest BCUT2D eigenvalue weighted by molar-refractivity contribution is 0.184. The molecule has 0 saturated carbocycles. The fourth-order valence-corrected chi connectivity index (χ4v) is 1.27. The Kier molecular flexibility index (Phi) is 3.57. The van der Waals surface area contributed by atoms with Crippen molar-refractivity contribution in [2.45, 2.75) is 12.5 Å². The van der Waals surface area contributed by atoms with E-state index in [9.17, 15) is 5.11 Å². The number of benzene rings is 1. The van der Waals surface area contributed by atoms with E-state index in [2.05, 4.69) is 28.5 Å². The first kappa shape index (κ1) is 9.56. The Morgan fingerprint density at radius 1 is 1.42 bits per heavy atom. The number of terminal acetylenes is 1. The molecule has 1 unspecified atom stereocenters. The Morgan fingerprint density at radius 3 is 2.50 bits per heavy atom. The Bertz CT molecular complexity index is 284. The van der Waals surface area contributed by atoms with Crippen molar-refractivity contribution in [3.8, 4) is 12.3 Å². The number of aliphatic hydroxyl groups is 1. The molecule has 0 aromatic heterocycles. The maximum atomic E-state index is 9.47. The van der Waals surface area contributed by atoms with Gasteiger partial charge in [0.2, 0.25) is 0 Å². The maximum Gasteiger partial charge on any atom is 0.0899 e. The van der Waals surface area contributed by atoms with Crippen molar-refractivity contribution in [2.24, 2.45) is 0 Å². The maximum absolute atomic E-state index is 9.47. The molecule has 0 radical (unpaired) electrons.